The van der Waals surface area contributed by atoms with E-state index in [2.05, 4.69) is 0 Å². The molecule has 0 amide bonds. The molecule has 18 heavy (non-hydrogen) atoms. The van der Waals surface area contributed by atoms with E-state index in [4.69, 9.17) is 10.5 Å². The van der Waals surface area contributed by atoms with E-state index in [0.717, 1.165) is 0 Å². The van der Waals surface area contributed by atoms with Crippen LogP contribution in [0.5, 0.6) is 0 Å². The number of hydrogen-bond acceptors (Lipinski definition) is 4. The fourth-order valence-corrected chi connectivity index (χ4v) is 2.56. The monoisotopic (exact) mass is 249 g/mol. The molecule has 1 saturated carbocycles. The molecule has 98 valence electrons. The van der Waals surface area contributed by atoms with Gasteiger partial charge in [0.15, 0.2) is 0 Å². The van der Waals surface area contributed by atoms with Gasteiger partial charge in [0.25, 0.3) is 0 Å². The Hall–Kier alpha value is -1.39. The van der Waals surface area contributed by atoms with Gasteiger partial charge in [-0.3, -0.25) is 0 Å². The van der Waals surface area contributed by atoms with Gasteiger partial charge in [-0.15, -0.1) is 0 Å². The predicted molar refractivity (Wildman–Crippen MR) is 68.0 cm³/mol. The van der Waals surface area contributed by atoms with Gasteiger partial charge in [0.2, 0.25) is 0 Å². The van der Waals surface area contributed by atoms with Crippen molar-refractivity contribution in [2.75, 3.05) is 6.61 Å². The van der Waals surface area contributed by atoms with Crippen molar-refractivity contribution in [3.05, 3.63) is 35.9 Å². The number of rotatable bonds is 3. The fraction of sp³-hybridized carbons (Fsp3) is 0.500. The van der Waals surface area contributed by atoms with Gasteiger partial charge in [-0.05, 0) is 30.4 Å². The molecule has 0 bridgehead atoms. The van der Waals surface area contributed by atoms with Crippen LogP contribution >= 0.6 is 0 Å². The van der Waals surface area contributed by atoms with Gasteiger partial charge in [0.05, 0.1) is 5.56 Å². The highest BCUT2D eigenvalue weighted by molar-refractivity contribution is 5.89. The summed E-state index contributed by atoms with van der Waals surface area (Å²) >= 11 is 0. The van der Waals surface area contributed by atoms with Crippen molar-refractivity contribution in [2.24, 2.45) is 17.6 Å². The zero-order valence-electron chi connectivity index (χ0n) is 10.5. The van der Waals surface area contributed by atoms with E-state index < -0.39 is 0 Å². The number of hydrogen-bond donors (Lipinski definition) is 2. The van der Waals surface area contributed by atoms with Crippen LogP contribution < -0.4 is 5.73 Å². The minimum atomic E-state index is -0.346. The van der Waals surface area contributed by atoms with Gasteiger partial charge in [-0.2, -0.15) is 0 Å². The van der Waals surface area contributed by atoms with Crippen LogP contribution in [0.25, 0.3) is 0 Å². The lowest BCUT2D eigenvalue weighted by atomic mass is 9.98. The summed E-state index contributed by atoms with van der Waals surface area (Å²) in [5.41, 5.74) is 6.51. The van der Waals surface area contributed by atoms with E-state index in [1.54, 1.807) is 24.3 Å². The Balaban J connectivity index is 2.04. The van der Waals surface area contributed by atoms with Gasteiger partial charge in [-0.1, -0.05) is 25.1 Å². The van der Waals surface area contributed by atoms with Crippen molar-refractivity contribution in [3.8, 4) is 0 Å². The smallest absolute Gasteiger partial charge is 0.338 e. The quantitative estimate of drug-likeness (QED) is 0.789. The van der Waals surface area contributed by atoms with Gasteiger partial charge >= 0.3 is 5.97 Å². The maximum Gasteiger partial charge on any atom is 0.338 e. The van der Waals surface area contributed by atoms with Crippen LogP contribution in [0.1, 0.15) is 23.7 Å². The van der Waals surface area contributed by atoms with Crippen molar-refractivity contribution in [1.82, 2.24) is 0 Å². The third-order valence-corrected chi connectivity index (χ3v) is 3.75. The number of esters is 1. The Labute approximate surface area is 107 Å². The number of carbonyl (C=O) groups excluding carboxylic acids is 1. The summed E-state index contributed by atoms with van der Waals surface area (Å²) in [6.07, 6.45) is 0.388. The average molecular weight is 249 g/mol. The Morgan fingerprint density at radius 1 is 1.44 bits per heavy atom. The highest BCUT2D eigenvalue weighted by Gasteiger charge is 2.41. The molecule has 0 saturated heterocycles. The van der Waals surface area contributed by atoms with Gasteiger partial charge < -0.3 is 15.6 Å². The van der Waals surface area contributed by atoms with Crippen LogP contribution in [0.15, 0.2) is 30.3 Å². The van der Waals surface area contributed by atoms with E-state index in [9.17, 15) is 9.90 Å². The molecule has 4 heteroatoms. The number of aliphatic hydroxyl groups is 1. The highest BCUT2D eigenvalue weighted by atomic mass is 16.5. The standard InChI is InChI=1S/C14H19NO3/c1-9-11(8-16)7-12(15)13(9)18-14(17)10-5-3-2-4-6-10/h2-6,9,11-13,16H,7-8,15H2,1H3/t9-,11-,12-,13-/m1/s1. The minimum absolute atomic E-state index is 0.0915. The third kappa shape index (κ3) is 2.54. The predicted octanol–water partition coefficient (Wildman–Crippen LogP) is 1.19. The van der Waals surface area contributed by atoms with E-state index in [1.807, 2.05) is 13.0 Å². The summed E-state index contributed by atoms with van der Waals surface area (Å²) in [6, 6.07) is 8.69. The summed E-state index contributed by atoms with van der Waals surface area (Å²) in [5.74, 6) is -0.132. The second kappa shape index (κ2) is 5.50. The van der Waals surface area contributed by atoms with Crippen LogP contribution in [-0.4, -0.2) is 29.8 Å². The zero-order chi connectivity index (χ0) is 13.1. The molecule has 4 nitrogen and oxygen atoms in total. The summed E-state index contributed by atoms with van der Waals surface area (Å²) in [7, 11) is 0. The molecular weight excluding hydrogens is 230 g/mol. The lowest BCUT2D eigenvalue weighted by Crippen LogP contribution is -2.36. The summed E-state index contributed by atoms with van der Waals surface area (Å²) in [6.45, 7) is 2.06. The Bertz CT molecular complexity index is 407. The topological polar surface area (TPSA) is 72.6 Å². The second-order valence-electron chi connectivity index (χ2n) is 4.94. The van der Waals surface area contributed by atoms with E-state index >= 15 is 0 Å². The largest absolute Gasteiger partial charge is 0.457 e. The molecule has 3 N–H and O–H groups in total. The van der Waals surface area contributed by atoms with Gasteiger partial charge in [-0.25, -0.2) is 4.79 Å². The highest BCUT2D eigenvalue weighted by Crippen LogP contribution is 2.33. The Kier molecular flexibility index (Phi) is 3.99. The Morgan fingerprint density at radius 3 is 2.67 bits per heavy atom. The van der Waals surface area contributed by atoms with Crippen LogP contribution in [0.3, 0.4) is 0 Å². The molecule has 1 aliphatic carbocycles. The van der Waals surface area contributed by atoms with Crippen LogP contribution in [0.4, 0.5) is 0 Å². The van der Waals surface area contributed by atoms with Crippen molar-refractivity contribution in [2.45, 2.75) is 25.5 Å². The summed E-state index contributed by atoms with van der Waals surface area (Å²) in [5, 5.41) is 9.23. The maximum atomic E-state index is 11.9. The van der Waals surface area contributed by atoms with E-state index in [0.29, 0.717) is 12.0 Å². The maximum absolute atomic E-state index is 11.9. The normalized spacial score (nSPS) is 31.3. The molecule has 4 atom stereocenters. The molecular formula is C14H19NO3. The number of carbonyl (C=O) groups is 1. The average Bonchev–Trinajstić information content (AvgIpc) is 2.67. The van der Waals surface area contributed by atoms with Gasteiger partial charge in [0.1, 0.15) is 6.10 Å². The first-order chi connectivity index (χ1) is 8.63. The molecule has 1 aromatic carbocycles. The van der Waals surface area contributed by atoms with Crippen LogP contribution in [-0.2, 0) is 4.74 Å². The summed E-state index contributed by atoms with van der Waals surface area (Å²) < 4.78 is 5.48. The van der Waals surface area contributed by atoms with Crippen LogP contribution in [0, 0.1) is 11.8 Å². The first kappa shape index (κ1) is 13.1. The van der Waals surface area contributed by atoms with E-state index in [-0.39, 0.29) is 36.6 Å². The number of nitrogens with two attached hydrogens (primary N) is 1. The number of ether oxygens (including phenoxy) is 1. The lowest BCUT2D eigenvalue weighted by molar-refractivity contribution is 0.0140. The fourth-order valence-electron chi connectivity index (χ4n) is 2.56. The van der Waals surface area contributed by atoms with E-state index in [1.165, 1.54) is 0 Å². The molecule has 1 fully saturated rings. The lowest BCUT2D eigenvalue weighted by Gasteiger charge is -2.21. The first-order valence-electron chi connectivity index (χ1n) is 6.26. The van der Waals surface area contributed by atoms with Crippen molar-refractivity contribution >= 4 is 5.97 Å². The molecule has 0 aromatic heterocycles. The second-order valence-corrected chi connectivity index (χ2v) is 4.94. The van der Waals surface area contributed by atoms with Crippen molar-refractivity contribution < 1.29 is 14.6 Å². The number of benzene rings is 1. The summed E-state index contributed by atoms with van der Waals surface area (Å²) in [4.78, 5) is 11.9. The molecule has 0 aliphatic heterocycles. The molecule has 0 radical (unpaired) electrons. The number of aliphatic hydroxyl groups excluding tert-OH is 1. The van der Waals surface area contributed by atoms with Gasteiger partial charge in [0, 0.05) is 12.6 Å². The molecule has 2 rings (SSSR count). The molecule has 0 heterocycles. The van der Waals surface area contributed by atoms with Crippen molar-refractivity contribution in [3.63, 3.8) is 0 Å². The SMILES string of the molecule is C[C@@H]1[C@@H](CO)C[C@@H](N)[C@@H]1OC(=O)c1ccccc1. The van der Waals surface area contributed by atoms with Crippen molar-refractivity contribution in [1.29, 1.82) is 0 Å². The third-order valence-electron chi connectivity index (χ3n) is 3.75. The molecule has 0 spiro atoms. The minimum Gasteiger partial charge on any atom is -0.457 e. The molecule has 1 aromatic rings. The zero-order valence-corrected chi connectivity index (χ0v) is 10.5. The Morgan fingerprint density at radius 2 is 2.11 bits per heavy atom. The van der Waals surface area contributed by atoms with Crippen LogP contribution in [0.2, 0.25) is 0 Å². The molecule has 0 unspecified atom stereocenters. The molecule has 1 aliphatic rings. The first-order valence-corrected chi connectivity index (χ1v) is 6.26.